The molecule has 3 rings (SSSR count). The van der Waals surface area contributed by atoms with E-state index in [2.05, 4.69) is 0 Å². The van der Waals surface area contributed by atoms with Crippen molar-refractivity contribution in [2.75, 3.05) is 32.4 Å². The highest BCUT2D eigenvalue weighted by atomic mass is 35.5. The predicted octanol–water partition coefficient (Wildman–Crippen LogP) is 3.52. The summed E-state index contributed by atoms with van der Waals surface area (Å²) in [5.41, 5.74) is 1.46. The number of rotatable bonds is 4. The molecule has 0 atom stereocenters. The van der Waals surface area contributed by atoms with E-state index in [1.165, 1.54) is 4.31 Å². The second kappa shape index (κ2) is 8.22. The molecular weight excluding hydrogens is 404 g/mol. The summed E-state index contributed by atoms with van der Waals surface area (Å²) in [6.07, 6.45) is 1.94. The fraction of sp³-hybridized carbons (Fsp3) is 0.316. The SMILES string of the molecule is CSc1ccc(Cl)c(C(=O)N2CCN(S(=O)(=O)c3ccc(C)cc3)CC2)c1. The van der Waals surface area contributed by atoms with Crippen molar-refractivity contribution >= 4 is 39.3 Å². The van der Waals surface area contributed by atoms with Crippen LogP contribution < -0.4 is 0 Å². The predicted molar refractivity (Wildman–Crippen MR) is 109 cm³/mol. The molecule has 0 saturated carbocycles. The first-order valence-electron chi connectivity index (χ1n) is 8.52. The van der Waals surface area contributed by atoms with Crippen LogP contribution in [0.3, 0.4) is 0 Å². The number of sulfonamides is 1. The number of thioether (sulfide) groups is 1. The normalized spacial score (nSPS) is 15.7. The lowest BCUT2D eigenvalue weighted by Crippen LogP contribution is -2.50. The molecule has 2 aromatic rings. The summed E-state index contributed by atoms with van der Waals surface area (Å²) in [5.74, 6) is -0.164. The Balaban J connectivity index is 1.71. The summed E-state index contributed by atoms with van der Waals surface area (Å²) in [5, 5.41) is 0.410. The number of benzene rings is 2. The van der Waals surface area contributed by atoms with Crippen molar-refractivity contribution in [3.8, 4) is 0 Å². The average molecular weight is 425 g/mol. The highest BCUT2D eigenvalue weighted by Gasteiger charge is 2.31. The van der Waals surface area contributed by atoms with Gasteiger partial charge in [-0.1, -0.05) is 29.3 Å². The molecule has 0 spiro atoms. The third-order valence-electron chi connectivity index (χ3n) is 4.59. The Morgan fingerprint density at radius 2 is 1.67 bits per heavy atom. The third kappa shape index (κ3) is 4.32. The van der Waals surface area contributed by atoms with Crippen LogP contribution >= 0.6 is 23.4 Å². The number of hydrogen-bond acceptors (Lipinski definition) is 4. The summed E-state index contributed by atoms with van der Waals surface area (Å²) < 4.78 is 27.0. The maximum Gasteiger partial charge on any atom is 0.255 e. The number of amides is 1. The largest absolute Gasteiger partial charge is 0.336 e. The zero-order chi connectivity index (χ0) is 19.6. The van der Waals surface area contributed by atoms with Gasteiger partial charge in [-0.2, -0.15) is 4.31 Å². The molecule has 5 nitrogen and oxygen atoms in total. The summed E-state index contributed by atoms with van der Waals surface area (Å²) >= 11 is 7.74. The minimum atomic E-state index is -3.55. The topological polar surface area (TPSA) is 57.7 Å². The van der Waals surface area contributed by atoms with E-state index in [1.54, 1.807) is 53.1 Å². The zero-order valence-corrected chi connectivity index (χ0v) is 17.6. The van der Waals surface area contributed by atoms with Crippen LogP contribution in [0.15, 0.2) is 52.3 Å². The number of carbonyl (C=O) groups is 1. The van der Waals surface area contributed by atoms with Crippen molar-refractivity contribution in [3.63, 3.8) is 0 Å². The first kappa shape index (κ1) is 20.2. The first-order valence-corrected chi connectivity index (χ1v) is 11.6. The van der Waals surface area contributed by atoms with E-state index in [0.717, 1.165) is 10.5 Å². The molecule has 0 radical (unpaired) electrons. The second-order valence-corrected chi connectivity index (χ2v) is 9.58. The molecule has 2 aromatic carbocycles. The van der Waals surface area contributed by atoms with Gasteiger partial charge in [-0.25, -0.2) is 8.42 Å². The molecule has 144 valence electrons. The van der Waals surface area contributed by atoms with Gasteiger partial charge >= 0.3 is 0 Å². The average Bonchev–Trinajstić information content (AvgIpc) is 2.68. The van der Waals surface area contributed by atoms with Crippen LogP contribution in [0.4, 0.5) is 0 Å². The third-order valence-corrected chi connectivity index (χ3v) is 7.56. The number of aryl methyl sites for hydroxylation is 1. The molecule has 1 fully saturated rings. The molecular formula is C19H21ClN2O3S2. The molecule has 1 saturated heterocycles. The van der Waals surface area contributed by atoms with E-state index in [9.17, 15) is 13.2 Å². The van der Waals surface area contributed by atoms with Crippen LogP contribution in [0.1, 0.15) is 15.9 Å². The summed E-state index contributed by atoms with van der Waals surface area (Å²) in [4.78, 5) is 15.7. The Morgan fingerprint density at radius 3 is 2.26 bits per heavy atom. The first-order chi connectivity index (χ1) is 12.8. The van der Waals surface area contributed by atoms with Crippen LogP contribution in [0.5, 0.6) is 0 Å². The molecule has 1 aliphatic rings. The Morgan fingerprint density at radius 1 is 1.04 bits per heavy atom. The Bertz CT molecular complexity index is 938. The molecule has 0 bridgehead atoms. The van der Waals surface area contributed by atoms with Gasteiger partial charge in [0.15, 0.2) is 0 Å². The lowest BCUT2D eigenvalue weighted by molar-refractivity contribution is 0.0698. The van der Waals surface area contributed by atoms with E-state index in [-0.39, 0.29) is 23.9 Å². The van der Waals surface area contributed by atoms with Crippen LogP contribution in [-0.2, 0) is 10.0 Å². The molecule has 0 aromatic heterocycles. The molecule has 27 heavy (non-hydrogen) atoms. The van der Waals surface area contributed by atoms with Gasteiger partial charge in [0.2, 0.25) is 10.0 Å². The van der Waals surface area contributed by atoms with Gasteiger partial charge in [0.25, 0.3) is 5.91 Å². The number of piperazine rings is 1. The smallest absolute Gasteiger partial charge is 0.255 e. The lowest BCUT2D eigenvalue weighted by atomic mass is 10.2. The van der Waals surface area contributed by atoms with Crippen molar-refractivity contribution in [1.82, 2.24) is 9.21 Å². The maximum atomic E-state index is 12.8. The highest BCUT2D eigenvalue weighted by molar-refractivity contribution is 7.98. The second-order valence-electron chi connectivity index (χ2n) is 6.36. The van der Waals surface area contributed by atoms with Gasteiger partial charge in [0.05, 0.1) is 15.5 Å². The number of nitrogens with zero attached hydrogens (tertiary/aromatic N) is 2. The highest BCUT2D eigenvalue weighted by Crippen LogP contribution is 2.25. The number of carbonyl (C=O) groups excluding carboxylic acids is 1. The van der Waals surface area contributed by atoms with Crippen LogP contribution in [0.25, 0.3) is 0 Å². The van der Waals surface area contributed by atoms with E-state index in [4.69, 9.17) is 11.6 Å². The zero-order valence-electron chi connectivity index (χ0n) is 15.2. The standard InChI is InChI=1S/C19H21ClN2O3S2/c1-14-3-6-16(7-4-14)27(24,25)22-11-9-21(10-12-22)19(23)17-13-15(26-2)5-8-18(17)20/h3-8,13H,9-12H2,1-2H3. The lowest BCUT2D eigenvalue weighted by Gasteiger charge is -2.34. The Kier molecular flexibility index (Phi) is 6.15. The summed E-state index contributed by atoms with van der Waals surface area (Å²) in [6.45, 7) is 3.12. The number of halogens is 1. The molecule has 1 aliphatic heterocycles. The van der Waals surface area contributed by atoms with Gasteiger partial charge in [-0.15, -0.1) is 11.8 Å². The van der Waals surface area contributed by atoms with Gasteiger partial charge in [0.1, 0.15) is 0 Å². The van der Waals surface area contributed by atoms with E-state index in [1.807, 2.05) is 19.2 Å². The molecule has 8 heteroatoms. The quantitative estimate of drug-likeness (QED) is 0.704. The molecule has 0 N–H and O–H groups in total. The van der Waals surface area contributed by atoms with Crippen molar-refractivity contribution in [3.05, 3.63) is 58.6 Å². The molecule has 0 aliphatic carbocycles. The molecule has 1 heterocycles. The fourth-order valence-electron chi connectivity index (χ4n) is 2.96. The van der Waals surface area contributed by atoms with Gasteiger partial charge in [-0.3, -0.25) is 4.79 Å². The van der Waals surface area contributed by atoms with E-state index >= 15 is 0 Å². The Hall–Kier alpha value is -1.54. The van der Waals surface area contributed by atoms with Crippen molar-refractivity contribution in [1.29, 1.82) is 0 Å². The van der Waals surface area contributed by atoms with Crippen molar-refractivity contribution in [2.45, 2.75) is 16.7 Å². The van der Waals surface area contributed by atoms with Gasteiger partial charge in [-0.05, 0) is 43.5 Å². The maximum absolute atomic E-state index is 12.8. The van der Waals surface area contributed by atoms with E-state index in [0.29, 0.717) is 23.7 Å². The minimum Gasteiger partial charge on any atom is -0.336 e. The minimum absolute atomic E-state index is 0.164. The molecule has 0 unspecified atom stereocenters. The van der Waals surface area contributed by atoms with Crippen molar-refractivity contribution < 1.29 is 13.2 Å². The van der Waals surface area contributed by atoms with Crippen LogP contribution in [0, 0.1) is 6.92 Å². The van der Waals surface area contributed by atoms with Gasteiger partial charge in [0, 0.05) is 31.1 Å². The monoisotopic (exact) mass is 424 g/mol. The van der Waals surface area contributed by atoms with Crippen LogP contribution in [0.2, 0.25) is 5.02 Å². The van der Waals surface area contributed by atoms with E-state index < -0.39 is 10.0 Å². The number of hydrogen-bond donors (Lipinski definition) is 0. The Labute approximate surface area is 169 Å². The summed E-state index contributed by atoms with van der Waals surface area (Å²) in [6, 6.07) is 12.2. The molecule has 1 amide bonds. The fourth-order valence-corrected chi connectivity index (χ4v) is 5.02. The van der Waals surface area contributed by atoms with Gasteiger partial charge < -0.3 is 4.90 Å². The van der Waals surface area contributed by atoms with Crippen LogP contribution in [-0.4, -0.2) is 56.0 Å². The van der Waals surface area contributed by atoms with Crippen molar-refractivity contribution in [2.24, 2.45) is 0 Å². The summed E-state index contributed by atoms with van der Waals surface area (Å²) in [7, 11) is -3.55.